The molecule has 0 unspecified atom stereocenters. The van der Waals surface area contributed by atoms with Crippen molar-refractivity contribution in [2.75, 3.05) is 33.0 Å². The second-order valence-electron chi connectivity index (χ2n) is 3.66. The lowest BCUT2D eigenvalue weighted by molar-refractivity contribution is 0.136. The minimum Gasteiger partial charge on any atom is -0.396 e. The van der Waals surface area contributed by atoms with Crippen molar-refractivity contribution in [3.05, 3.63) is 25.3 Å². The summed E-state index contributed by atoms with van der Waals surface area (Å²) in [7, 11) is -4.67. The van der Waals surface area contributed by atoms with Gasteiger partial charge in [0, 0.05) is 25.7 Å². The van der Waals surface area contributed by atoms with Gasteiger partial charge in [0.2, 0.25) is 0 Å². The van der Waals surface area contributed by atoms with Crippen LogP contribution in [0.2, 0.25) is 0 Å². The van der Waals surface area contributed by atoms with E-state index in [-0.39, 0.29) is 25.7 Å². The molecule has 21 heavy (non-hydrogen) atoms. The summed E-state index contributed by atoms with van der Waals surface area (Å²) in [6, 6.07) is 0. The Bertz CT molecular complexity index is 295. The number of hydrogen-bond acceptors (Lipinski definition) is 6. The summed E-state index contributed by atoms with van der Waals surface area (Å²) in [6.07, 6.45) is 4.78. The maximum atomic E-state index is 8.74. The van der Waals surface area contributed by atoms with Gasteiger partial charge in [-0.3, -0.25) is 9.11 Å². The fraction of sp³-hybridized carbons (Fsp3) is 0.667. The fourth-order valence-electron chi connectivity index (χ4n) is 0.855. The quantitative estimate of drug-likeness (QED) is 0.227. The molecule has 0 bridgehead atoms. The number of aliphatic hydroxyl groups is 3. The van der Waals surface area contributed by atoms with Gasteiger partial charge in [0.05, 0.1) is 13.2 Å². The van der Waals surface area contributed by atoms with E-state index in [0.717, 1.165) is 0 Å². The first kappa shape index (κ1) is 25.2. The SMILES string of the molecule is C=CCOCC=C.O=S(=O)(O)O.OCCCC(CO)CO. The lowest BCUT2D eigenvalue weighted by atomic mass is 10.1. The Morgan fingerprint density at radius 1 is 1.00 bits per heavy atom. The number of rotatable bonds is 9. The molecule has 0 saturated heterocycles. The van der Waals surface area contributed by atoms with Crippen LogP contribution in [0.3, 0.4) is 0 Å². The molecule has 8 nitrogen and oxygen atoms in total. The Balaban J connectivity index is -0.000000242. The van der Waals surface area contributed by atoms with E-state index in [1.165, 1.54) is 0 Å². The van der Waals surface area contributed by atoms with Crippen molar-refractivity contribution in [1.29, 1.82) is 0 Å². The first-order valence-electron chi connectivity index (χ1n) is 6.08. The highest BCUT2D eigenvalue weighted by atomic mass is 32.3. The van der Waals surface area contributed by atoms with Crippen molar-refractivity contribution >= 4 is 10.4 Å². The van der Waals surface area contributed by atoms with Gasteiger partial charge in [-0.1, -0.05) is 12.2 Å². The standard InChI is InChI=1S/C6H14O3.C6H10O.H2O4S/c7-3-1-2-6(4-8)5-9;1-3-5-7-6-4-2;1-5(2,3)4/h6-9H,1-5H2;3-4H,1-2,5-6H2;(H2,1,2,3,4). The number of aliphatic hydroxyl groups excluding tert-OH is 3. The molecule has 0 aromatic rings. The van der Waals surface area contributed by atoms with E-state index in [0.29, 0.717) is 26.1 Å². The second-order valence-corrected chi connectivity index (χ2v) is 4.56. The molecule has 128 valence electrons. The molecule has 0 atom stereocenters. The monoisotopic (exact) mass is 330 g/mol. The molecule has 0 heterocycles. The van der Waals surface area contributed by atoms with Crippen LogP contribution in [0.15, 0.2) is 25.3 Å². The van der Waals surface area contributed by atoms with Crippen LogP contribution >= 0.6 is 0 Å². The van der Waals surface area contributed by atoms with Crippen molar-refractivity contribution in [3.63, 3.8) is 0 Å². The van der Waals surface area contributed by atoms with Crippen LogP contribution in [-0.4, -0.2) is 65.9 Å². The summed E-state index contributed by atoms with van der Waals surface area (Å²) < 4.78 is 36.5. The maximum Gasteiger partial charge on any atom is 0.394 e. The molecule has 0 aliphatic heterocycles. The third-order valence-electron chi connectivity index (χ3n) is 1.76. The fourth-order valence-corrected chi connectivity index (χ4v) is 0.855. The minimum atomic E-state index is -4.67. The molecular formula is C12H26O8S. The highest BCUT2D eigenvalue weighted by Crippen LogP contribution is 2.02. The first-order valence-corrected chi connectivity index (χ1v) is 7.48. The molecule has 0 rings (SSSR count). The van der Waals surface area contributed by atoms with Gasteiger partial charge < -0.3 is 20.1 Å². The lowest BCUT2D eigenvalue weighted by Crippen LogP contribution is -2.11. The van der Waals surface area contributed by atoms with Crippen LogP contribution < -0.4 is 0 Å². The largest absolute Gasteiger partial charge is 0.396 e. The zero-order valence-electron chi connectivity index (χ0n) is 12.0. The third kappa shape index (κ3) is 45.3. The third-order valence-corrected chi connectivity index (χ3v) is 1.76. The van der Waals surface area contributed by atoms with Crippen molar-refractivity contribution in [3.8, 4) is 0 Å². The van der Waals surface area contributed by atoms with Gasteiger partial charge in [0.1, 0.15) is 0 Å². The highest BCUT2D eigenvalue weighted by Gasteiger charge is 2.03. The molecule has 5 N–H and O–H groups in total. The molecule has 0 fully saturated rings. The summed E-state index contributed by atoms with van der Waals surface area (Å²) in [5.41, 5.74) is 0. The summed E-state index contributed by atoms with van der Waals surface area (Å²) in [6.45, 7) is 8.34. The Hall–Kier alpha value is -0.810. The van der Waals surface area contributed by atoms with E-state index in [1.807, 2.05) is 0 Å². The van der Waals surface area contributed by atoms with Crippen LogP contribution in [-0.2, 0) is 15.1 Å². The van der Waals surface area contributed by atoms with Crippen LogP contribution in [0.1, 0.15) is 12.8 Å². The first-order chi connectivity index (χ1) is 9.76. The highest BCUT2D eigenvalue weighted by molar-refractivity contribution is 7.79. The number of ether oxygens (including phenoxy) is 1. The van der Waals surface area contributed by atoms with Crippen molar-refractivity contribution < 1.29 is 37.6 Å². The summed E-state index contributed by atoms with van der Waals surface area (Å²) in [4.78, 5) is 0. The minimum absolute atomic E-state index is 0.0104. The topological polar surface area (TPSA) is 145 Å². The normalized spacial score (nSPS) is 10.0. The molecule has 0 saturated carbocycles. The zero-order valence-corrected chi connectivity index (χ0v) is 12.8. The van der Waals surface area contributed by atoms with Gasteiger partial charge in [-0.25, -0.2) is 0 Å². The molecule has 0 aliphatic carbocycles. The van der Waals surface area contributed by atoms with Crippen LogP contribution in [0.25, 0.3) is 0 Å². The van der Waals surface area contributed by atoms with E-state index in [9.17, 15) is 0 Å². The van der Waals surface area contributed by atoms with Gasteiger partial charge in [-0.2, -0.15) is 8.42 Å². The van der Waals surface area contributed by atoms with E-state index in [1.54, 1.807) is 12.2 Å². The molecule has 9 heteroatoms. The lowest BCUT2D eigenvalue weighted by Gasteiger charge is -2.07. The van der Waals surface area contributed by atoms with Crippen molar-refractivity contribution in [1.82, 2.24) is 0 Å². The molecule has 0 aliphatic rings. The summed E-state index contributed by atoms with van der Waals surface area (Å²) >= 11 is 0. The van der Waals surface area contributed by atoms with Gasteiger partial charge in [-0.05, 0) is 12.8 Å². The molecular weight excluding hydrogens is 304 g/mol. The predicted octanol–water partition coefficient (Wildman–Crippen LogP) is 0.0819. The average molecular weight is 330 g/mol. The zero-order chi connectivity index (χ0) is 17.1. The molecule has 0 aromatic heterocycles. The van der Waals surface area contributed by atoms with Gasteiger partial charge in [-0.15, -0.1) is 13.2 Å². The Kier molecular flexibility index (Phi) is 23.0. The van der Waals surface area contributed by atoms with E-state index in [2.05, 4.69) is 13.2 Å². The van der Waals surface area contributed by atoms with Crippen molar-refractivity contribution in [2.24, 2.45) is 5.92 Å². The van der Waals surface area contributed by atoms with Gasteiger partial charge >= 0.3 is 10.4 Å². The number of hydrogen-bond donors (Lipinski definition) is 5. The van der Waals surface area contributed by atoms with E-state index >= 15 is 0 Å². The van der Waals surface area contributed by atoms with E-state index in [4.69, 9.17) is 37.6 Å². The van der Waals surface area contributed by atoms with Crippen LogP contribution in [0, 0.1) is 5.92 Å². The van der Waals surface area contributed by atoms with Crippen LogP contribution in [0.4, 0.5) is 0 Å². The average Bonchev–Trinajstić information content (AvgIpc) is 2.40. The smallest absolute Gasteiger partial charge is 0.394 e. The van der Waals surface area contributed by atoms with Gasteiger partial charge in [0.15, 0.2) is 0 Å². The molecule has 0 spiro atoms. The summed E-state index contributed by atoms with van der Waals surface area (Å²) in [5.74, 6) is -0.0443. The summed E-state index contributed by atoms with van der Waals surface area (Å²) in [5, 5.41) is 25.4. The predicted molar refractivity (Wildman–Crippen MR) is 79.4 cm³/mol. The maximum absolute atomic E-state index is 8.74. The van der Waals surface area contributed by atoms with Gasteiger partial charge in [0.25, 0.3) is 0 Å². The van der Waals surface area contributed by atoms with Crippen molar-refractivity contribution in [2.45, 2.75) is 12.8 Å². The Morgan fingerprint density at radius 3 is 1.62 bits per heavy atom. The van der Waals surface area contributed by atoms with E-state index < -0.39 is 10.4 Å². The Morgan fingerprint density at radius 2 is 1.38 bits per heavy atom. The Labute approximate surface area is 126 Å². The second kappa shape index (κ2) is 19.2. The molecule has 0 aromatic carbocycles. The van der Waals surface area contributed by atoms with Crippen LogP contribution in [0.5, 0.6) is 0 Å². The molecule has 0 radical (unpaired) electrons. The molecule has 0 amide bonds.